The minimum Gasteiger partial charge on any atom is -0.342 e. The molecule has 1 aromatic carbocycles. The zero-order chi connectivity index (χ0) is 18.7. The molecular weight excluding hydrogens is 370 g/mol. The van der Waals surface area contributed by atoms with E-state index in [4.69, 9.17) is 11.6 Å². The van der Waals surface area contributed by atoms with E-state index in [9.17, 15) is 9.59 Å². The number of nitrogens with zero attached hydrogens (tertiary/aromatic N) is 3. The molecule has 1 aliphatic heterocycles. The van der Waals surface area contributed by atoms with Crippen molar-refractivity contribution in [3.63, 3.8) is 0 Å². The van der Waals surface area contributed by atoms with Crippen LogP contribution in [0.1, 0.15) is 19.8 Å². The zero-order valence-electron chi connectivity index (χ0n) is 14.8. The van der Waals surface area contributed by atoms with Crippen molar-refractivity contribution < 1.29 is 4.79 Å². The summed E-state index contributed by atoms with van der Waals surface area (Å²) in [6, 6.07) is 5.07. The number of aromatic nitrogens is 2. The molecule has 0 saturated carbocycles. The molecule has 0 N–H and O–H groups in total. The molecule has 2 aromatic rings. The number of halogens is 1. The smallest absolute Gasteiger partial charge is 0.262 e. The lowest BCUT2D eigenvalue weighted by atomic mass is 10.0. The van der Waals surface area contributed by atoms with Crippen LogP contribution in [0.5, 0.6) is 0 Å². The second-order valence-electron chi connectivity index (χ2n) is 6.64. The van der Waals surface area contributed by atoms with Crippen LogP contribution in [0.15, 0.2) is 40.8 Å². The lowest BCUT2D eigenvalue weighted by Crippen LogP contribution is -2.40. The second-order valence-corrected chi connectivity index (χ2v) is 8.02. The first kappa shape index (κ1) is 19.0. The van der Waals surface area contributed by atoms with Crippen LogP contribution in [-0.2, 0) is 11.3 Å². The van der Waals surface area contributed by atoms with Gasteiger partial charge in [0.05, 0.1) is 16.7 Å². The Bertz CT molecular complexity index is 896. The van der Waals surface area contributed by atoms with Gasteiger partial charge in [0.1, 0.15) is 0 Å². The molecule has 0 unspecified atom stereocenters. The third kappa shape index (κ3) is 4.13. The van der Waals surface area contributed by atoms with Gasteiger partial charge in [-0.1, -0.05) is 36.4 Å². The first-order chi connectivity index (χ1) is 12.5. The maximum Gasteiger partial charge on any atom is 0.262 e. The molecule has 0 aliphatic carbocycles. The fraction of sp³-hybridized carbons (Fsp3) is 0.421. The van der Waals surface area contributed by atoms with Gasteiger partial charge in [-0.05, 0) is 37.0 Å². The summed E-state index contributed by atoms with van der Waals surface area (Å²) in [5.74, 6) is 0.910. The number of rotatable bonds is 5. The Hall–Kier alpha value is -1.79. The van der Waals surface area contributed by atoms with Crippen molar-refractivity contribution in [2.75, 3.05) is 18.8 Å². The van der Waals surface area contributed by atoms with Crippen LogP contribution in [0.3, 0.4) is 0 Å². The Morgan fingerprint density at radius 3 is 3.04 bits per heavy atom. The minimum atomic E-state index is -0.168. The Morgan fingerprint density at radius 1 is 1.50 bits per heavy atom. The summed E-state index contributed by atoms with van der Waals surface area (Å²) in [5.41, 5.74) is 0.417. The molecule has 2 heterocycles. The number of piperidine rings is 1. The fourth-order valence-electron chi connectivity index (χ4n) is 3.21. The van der Waals surface area contributed by atoms with E-state index in [-0.39, 0.29) is 17.2 Å². The van der Waals surface area contributed by atoms with Crippen LogP contribution in [-0.4, -0.2) is 39.2 Å². The van der Waals surface area contributed by atoms with Crippen LogP contribution in [0.4, 0.5) is 0 Å². The predicted molar refractivity (Wildman–Crippen MR) is 107 cm³/mol. The minimum absolute atomic E-state index is 0.0946. The normalized spacial score (nSPS) is 17.5. The van der Waals surface area contributed by atoms with Gasteiger partial charge in [0.15, 0.2) is 5.16 Å². The van der Waals surface area contributed by atoms with E-state index < -0.39 is 0 Å². The van der Waals surface area contributed by atoms with Crippen molar-refractivity contribution in [2.45, 2.75) is 31.5 Å². The fourth-order valence-corrected chi connectivity index (χ4v) is 4.29. The maximum atomic E-state index is 12.8. The summed E-state index contributed by atoms with van der Waals surface area (Å²) in [6.45, 7) is 7.85. The number of carbonyl (C=O) groups excluding carboxylic acids is 1. The number of hydrogen-bond acceptors (Lipinski definition) is 4. The number of benzene rings is 1. The topological polar surface area (TPSA) is 55.2 Å². The molecule has 26 heavy (non-hydrogen) atoms. The monoisotopic (exact) mass is 391 g/mol. The lowest BCUT2D eigenvalue weighted by molar-refractivity contribution is -0.130. The standard InChI is InChI=1S/C19H22ClN3O2S/c1-3-8-23-18(25)15-10-14(20)6-7-16(15)21-19(23)26-12-17(24)22-9-4-5-13(2)11-22/h3,6-7,10,13H,1,4-5,8-9,11-12H2,2H3/t13-/m1/s1. The first-order valence-electron chi connectivity index (χ1n) is 8.71. The van der Waals surface area contributed by atoms with E-state index in [1.54, 1.807) is 28.8 Å². The molecule has 138 valence electrons. The Morgan fingerprint density at radius 2 is 2.31 bits per heavy atom. The number of hydrogen-bond donors (Lipinski definition) is 0. The molecule has 3 rings (SSSR count). The summed E-state index contributed by atoms with van der Waals surface area (Å²) >= 11 is 7.31. The summed E-state index contributed by atoms with van der Waals surface area (Å²) < 4.78 is 1.54. The van der Waals surface area contributed by atoms with Gasteiger partial charge in [-0.25, -0.2) is 4.98 Å². The Kier molecular flexibility index (Phi) is 6.04. The molecule has 1 amide bonds. The van der Waals surface area contributed by atoms with Crippen molar-refractivity contribution in [3.8, 4) is 0 Å². The number of amides is 1. The van der Waals surface area contributed by atoms with Gasteiger partial charge in [-0.3, -0.25) is 14.2 Å². The molecule has 1 fully saturated rings. The van der Waals surface area contributed by atoms with Crippen LogP contribution in [0, 0.1) is 5.92 Å². The van der Waals surface area contributed by atoms with Gasteiger partial charge in [0.2, 0.25) is 5.91 Å². The highest BCUT2D eigenvalue weighted by Gasteiger charge is 2.21. The third-order valence-corrected chi connectivity index (χ3v) is 5.72. The van der Waals surface area contributed by atoms with Crippen molar-refractivity contribution in [1.29, 1.82) is 0 Å². The molecule has 1 aliphatic rings. The molecule has 1 saturated heterocycles. The van der Waals surface area contributed by atoms with Gasteiger partial charge in [-0.15, -0.1) is 6.58 Å². The summed E-state index contributed by atoms with van der Waals surface area (Å²) in [4.78, 5) is 31.8. The number of fused-ring (bicyclic) bond motifs is 1. The quantitative estimate of drug-likeness (QED) is 0.444. The van der Waals surface area contributed by atoms with Gasteiger partial charge >= 0.3 is 0 Å². The largest absolute Gasteiger partial charge is 0.342 e. The Labute approximate surface area is 162 Å². The van der Waals surface area contributed by atoms with E-state index >= 15 is 0 Å². The van der Waals surface area contributed by atoms with E-state index in [2.05, 4.69) is 18.5 Å². The van der Waals surface area contributed by atoms with Crippen LogP contribution >= 0.6 is 23.4 Å². The van der Waals surface area contributed by atoms with Crippen molar-refractivity contribution in [1.82, 2.24) is 14.5 Å². The first-order valence-corrected chi connectivity index (χ1v) is 10.1. The SMILES string of the molecule is C=CCn1c(SCC(=O)N2CCC[C@@H](C)C2)nc2ccc(Cl)cc2c1=O. The second kappa shape index (κ2) is 8.27. The molecule has 1 aromatic heterocycles. The average Bonchev–Trinajstić information content (AvgIpc) is 2.63. The van der Waals surface area contributed by atoms with Crippen LogP contribution < -0.4 is 5.56 Å². The average molecular weight is 392 g/mol. The summed E-state index contributed by atoms with van der Waals surface area (Å²) in [5, 5.41) is 1.50. The Balaban J connectivity index is 1.85. The van der Waals surface area contributed by atoms with Gasteiger partial charge < -0.3 is 4.90 Å². The molecule has 0 bridgehead atoms. The van der Waals surface area contributed by atoms with Gasteiger partial charge in [-0.2, -0.15) is 0 Å². The predicted octanol–water partition coefficient (Wildman–Crippen LogP) is 3.59. The van der Waals surface area contributed by atoms with Crippen LogP contribution in [0.2, 0.25) is 5.02 Å². The number of allylic oxidation sites excluding steroid dienone is 1. The highest BCUT2D eigenvalue weighted by molar-refractivity contribution is 7.99. The highest BCUT2D eigenvalue weighted by Crippen LogP contribution is 2.22. The van der Waals surface area contributed by atoms with E-state index in [0.717, 1.165) is 19.5 Å². The molecule has 0 radical (unpaired) electrons. The molecule has 0 spiro atoms. The van der Waals surface area contributed by atoms with Crippen molar-refractivity contribution in [3.05, 3.63) is 46.2 Å². The van der Waals surface area contributed by atoms with E-state index in [1.807, 2.05) is 4.90 Å². The number of likely N-dealkylation sites (tertiary alicyclic amines) is 1. The molecule has 1 atom stereocenters. The number of carbonyl (C=O) groups is 1. The summed E-state index contributed by atoms with van der Waals surface area (Å²) in [7, 11) is 0. The van der Waals surface area contributed by atoms with Gasteiger partial charge in [0.25, 0.3) is 5.56 Å². The highest BCUT2D eigenvalue weighted by atomic mass is 35.5. The lowest BCUT2D eigenvalue weighted by Gasteiger charge is -2.30. The summed E-state index contributed by atoms with van der Waals surface area (Å²) in [6.07, 6.45) is 3.87. The maximum absolute atomic E-state index is 12.8. The third-order valence-electron chi connectivity index (χ3n) is 4.53. The van der Waals surface area contributed by atoms with Crippen LogP contribution in [0.25, 0.3) is 10.9 Å². The zero-order valence-corrected chi connectivity index (χ0v) is 16.4. The van der Waals surface area contributed by atoms with Gasteiger partial charge in [0, 0.05) is 24.7 Å². The van der Waals surface area contributed by atoms with Crippen molar-refractivity contribution in [2.24, 2.45) is 5.92 Å². The van der Waals surface area contributed by atoms with E-state index in [0.29, 0.717) is 33.5 Å². The molecular formula is C19H22ClN3O2S. The van der Waals surface area contributed by atoms with Crippen molar-refractivity contribution >= 4 is 40.2 Å². The molecule has 5 nitrogen and oxygen atoms in total. The molecule has 7 heteroatoms. The van der Waals surface area contributed by atoms with E-state index in [1.165, 1.54) is 18.2 Å². The number of thioether (sulfide) groups is 1.